The molecule has 0 aliphatic rings. The largest absolute Gasteiger partial charge is 0.478 e. The lowest BCUT2D eigenvalue weighted by Crippen LogP contribution is -2.33. The molecule has 0 aliphatic heterocycles. The second-order valence-corrected chi connectivity index (χ2v) is 4.99. The molecule has 0 amide bonds. The van der Waals surface area contributed by atoms with Gasteiger partial charge in [0.15, 0.2) is 0 Å². The van der Waals surface area contributed by atoms with Gasteiger partial charge >= 0.3 is 5.97 Å². The van der Waals surface area contributed by atoms with Gasteiger partial charge in [0.1, 0.15) is 0 Å². The number of benzene rings is 1. The lowest BCUT2D eigenvalue weighted by molar-refractivity contribution is -0.694. The number of fused-ring (bicyclic) bond motifs is 3. The van der Waals surface area contributed by atoms with Crippen LogP contribution in [0.4, 0.5) is 0 Å². The number of aromatic carboxylic acids is 1. The molecule has 1 aromatic carbocycles. The van der Waals surface area contributed by atoms with E-state index < -0.39 is 5.97 Å². The van der Waals surface area contributed by atoms with Crippen LogP contribution in [-0.2, 0) is 7.05 Å². The van der Waals surface area contributed by atoms with Crippen molar-refractivity contribution in [3.63, 3.8) is 0 Å². The van der Waals surface area contributed by atoms with Gasteiger partial charge in [-0.25, -0.2) is 14.8 Å². The molecule has 0 saturated carbocycles. The van der Waals surface area contributed by atoms with Crippen LogP contribution >= 0.6 is 0 Å². The zero-order valence-corrected chi connectivity index (χ0v) is 11.7. The lowest BCUT2D eigenvalue weighted by Gasteiger charge is -1.96. The summed E-state index contributed by atoms with van der Waals surface area (Å²) in [5, 5.41) is 8.96. The summed E-state index contributed by atoms with van der Waals surface area (Å²) in [5.74, 6) is -0.927. The molecule has 108 valence electrons. The molecule has 4 aromatic rings. The Hall–Kier alpha value is -3.22. The molecule has 3 aromatic heterocycles. The van der Waals surface area contributed by atoms with Gasteiger partial charge in [-0.05, 0) is 17.7 Å². The molecule has 0 radical (unpaired) electrons. The quantitative estimate of drug-likeness (QED) is 0.563. The second-order valence-electron chi connectivity index (χ2n) is 4.99. The summed E-state index contributed by atoms with van der Waals surface area (Å²) >= 11 is 0. The third-order valence-corrected chi connectivity index (χ3v) is 3.69. The molecule has 1 N–H and O–H groups in total. The summed E-state index contributed by atoms with van der Waals surface area (Å²) in [6.07, 6.45) is 7.23. The highest BCUT2D eigenvalue weighted by Gasteiger charge is 2.20. The van der Waals surface area contributed by atoms with Crippen LogP contribution in [0.3, 0.4) is 0 Å². The number of hydrogen-bond donors (Lipinski definition) is 1. The number of carbonyl (C=O) groups is 1. The van der Waals surface area contributed by atoms with Gasteiger partial charge in [0, 0.05) is 17.0 Å². The highest BCUT2D eigenvalue weighted by Crippen LogP contribution is 2.19. The first kappa shape index (κ1) is 12.5. The fraction of sp³-hybridized carbons (Fsp3) is 0.0667. The molecule has 0 spiro atoms. The van der Waals surface area contributed by atoms with Crippen LogP contribution < -0.4 is 4.63 Å². The van der Waals surface area contributed by atoms with Crippen molar-refractivity contribution in [3.8, 4) is 11.1 Å². The smallest absolute Gasteiger partial charge is 0.335 e. The Morgan fingerprint density at radius 1 is 1.09 bits per heavy atom. The third kappa shape index (κ3) is 1.69. The van der Waals surface area contributed by atoms with Crippen LogP contribution in [0.1, 0.15) is 10.4 Å². The average molecular weight is 294 g/mol. The van der Waals surface area contributed by atoms with Crippen molar-refractivity contribution >= 4 is 17.3 Å². The average Bonchev–Trinajstić information content (AvgIpc) is 3.08. The first-order valence-corrected chi connectivity index (χ1v) is 6.68. The summed E-state index contributed by atoms with van der Waals surface area (Å²) in [4.78, 5) is 19.6. The molecule has 4 rings (SSSR count). The van der Waals surface area contributed by atoms with Crippen molar-refractivity contribution < 1.29 is 14.5 Å². The molecule has 0 unspecified atom stereocenters. The van der Waals surface area contributed by atoms with Crippen molar-refractivity contribution in [1.82, 2.24) is 19.2 Å². The van der Waals surface area contributed by atoms with Crippen molar-refractivity contribution in [3.05, 3.63) is 54.6 Å². The summed E-state index contributed by atoms with van der Waals surface area (Å²) in [5.41, 5.74) is 3.74. The van der Waals surface area contributed by atoms with E-state index >= 15 is 0 Å². The molecule has 7 nitrogen and oxygen atoms in total. The van der Waals surface area contributed by atoms with Crippen LogP contribution in [0.5, 0.6) is 0 Å². The number of nitrogens with zero attached hydrogens (tertiary/aromatic N) is 5. The molecular formula is C15H12N5O2+. The minimum absolute atomic E-state index is 0.275. The lowest BCUT2D eigenvalue weighted by atomic mass is 10.1. The molecule has 0 bridgehead atoms. The standard InChI is InChI=1S/C15H11N5O2/c1-18-13-14(17-7-6-16-13)19-8-12(9-20(18)19)10-2-4-11(5-3-10)15(21)22/h2-9H,1H3/p+1. The van der Waals surface area contributed by atoms with Gasteiger partial charge in [0.05, 0.1) is 24.4 Å². The molecule has 0 aliphatic carbocycles. The Balaban J connectivity index is 1.89. The Morgan fingerprint density at radius 2 is 1.77 bits per heavy atom. The summed E-state index contributed by atoms with van der Waals surface area (Å²) in [7, 11) is 1.91. The summed E-state index contributed by atoms with van der Waals surface area (Å²) in [6, 6.07) is 6.80. The highest BCUT2D eigenvalue weighted by molar-refractivity contribution is 5.88. The summed E-state index contributed by atoms with van der Waals surface area (Å²) in [6.45, 7) is 0. The number of hydrogen-bond acceptors (Lipinski definition) is 3. The number of carboxylic acids is 1. The van der Waals surface area contributed by atoms with Gasteiger partial charge in [-0.2, -0.15) is 0 Å². The normalized spacial score (nSPS) is 11.3. The Bertz CT molecular complexity index is 1010. The molecule has 3 heterocycles. The molecule has 0 fully saturated rings. The maximum absolute atomic E-state index is 10.9. The van der Waals surface area contributed by atoms with Crippen LogP contribution in [0.25, 0.3) is 22.4 Å². The van der Waals surface area contributed by atoms with E-state index in [0.717, 1.165) is 22.4 Å². The summed E-state index contributed by atoms with van der Waals surface area (Å²) < 4.78 is 5.71. The van der Waals surface area contributed by atoms with Gasteiger partial charge in [0.25, 0.3) is 0 Å². The van der Waals surface area contributed by atoms with E-state index in [9.17, 15) is 4.79 Å². The van der Waals surface area contributed by atoms with Crippen LogP contribution in [0, 0.1) is 0 Å². The monoisotopic (exact) mass is 294 g/mol. The fourth-order valence-electron chi connectivity index (χ4n) is 2.56. The fourth-order valence-corrected chi connectivity index (χ4v) is 2.56. The molecular weight excluding hydrogens is 282 g/mol. The van der Waals surface area contributed by atoms with Crippen molar-refractivity contribution in [2.75, 3.05) is 0 Å². The predicted molar refractivity (Wildman–Crippen MR) is 77.5 cm³/mol. The molecule has 0 atom stereocenters. The van der Waals surface area contributed by atoms with Crippen LogP contribution in [0.15, 0.2) is 49.1 Å². The van der Waals surface area contributed by atoms with E-state index in [1.54, 1.807) is 36.7 Å². The Labute approximate surface area is 124 Å². The van der Waals surface area contributed by atoms with Gasteiger partial charge < -0.3 is 5.11 Å². The maximum atomic E-state index is 10.9. The zero-order chi connectivity index (χ0) is 15.3. The minimum atomic E-state index is -0.927. The topological polar surface area (TPSA) is 76.5 Å². The molecule has 0 saturated heterocycles. The predicted octanol–water partition coefficient (Wildman–Crippen LogP) is 1.17. The molecule has 22 heavy (non-hydrogen) atoms. The SMILES string of the molecule is Cn1c2nccnc2n2cc(-c3ccc(C(=O)O)cc3)c[n+]12. The van der Waals surface area contributed by atoms with E-state index in [0.29, 0.717) is 0 Å². The van der Waals surface area contributed by atoms with Crippen LogP contribution in [-0.4, -0.2) is 30.2 Å². The number of rotatable bonds is 2. The Morgan fingerprint density at radius 3 is 2.45 bits per heavy atom. The van der Waals surface area contributed by atoms with Crippen molar-refractivity contribution in [1.29, 1.82) is 0 Å². The first-order valence-electron chi connectivity index (χ1n) is 6.68. The number of aromatic nitrogens is 5. The zero-order valence-electron chi connectivity index (χ0n) is 11.7. The van der Waals surface area contributed by atoms with Gasteiger partial charge in [0.2, 0.25) is 17.5 Å². The van der Waals surface area contributed by atoms with Gasteiger partial charge in [-0.3, -0.25) is 0 Å². The van der Waals surface area contributed by atoms with Crippen molar-refractivity contribution in [2.24, 2.45) is 7.05 Å². The van der Waals surface area contributed by atoms with Gasteiger partial charge in [-0.1, -0.05) is 16.6 Å². The maximum Gasteiger partial charge on any atom is 0.335 e. The number of carboxylic acid groups (broad SMARTS) is 1. The highest BCUT2D eigenvalue weighted by atomic mass is 16.4. The van der Waals surface area contributed by atoms with E-state index in [1.807, 2.05) is 33.3 Å². The van der Waals surface area contributed by atoms with Crippen LogP contribution in [0.2, 0.25) is 0 Å². The van der Waals surface area contributed by atoms with Crippen molar-refractivity contribution in [2.45, 2.75) is 0 Å². The third-order valence-electron chi connectivity index (χ3n) is 3.69. The first-order chi connectivity index (χ1) is 10.6. The van der Waals surface area contributed by atoms with E-state index in [1.165, 1.54) is 0 Å². The number of aryl methyl sites for hydroxylation is 1. The van der Waals surface area contributed by atoms with Gasteiger partial charge in [-0.15, -0.1) is 4.68 Å². The Kier molecular flexibility index (Phi) is 2.50. The van der Waals surface area contributed by atoms with E-state index in [2.05, 4.69) is 9.97 Å². The second kappa shape index (κ2) is 4.39. The van der Waals surface area contributed by atoms with E-state index in [-0.39, 0.29) is 5.56 Å². The molecule has 7 heteroatoms. The minimum Gasteiger partial charge on any atom is -0.478 e. The van der Waals surface area contributed by atoms with E-state index in [4.69, 9.17) is 5.11 Å².